The molecule has 2 N–H and O–H groups in total. The van der Waals surface area contributed by atoms with Crippen LogP contribution in [-0.4, -0.2) is 35.2 Å². The molecular formula is C15H21ClN2O2. The Morgan fingerprint density at radius 1 is 1.45 bits per heavy atom. The Hall–Kier alpha value is -1.26. The summed E-state index contributed by atoms with van der Waals surface area (Å²) in [7, 11) is 0. The van der Waals surface area contributed by atoms with Crippen LogP contribution in [0, 0.1) is 12.8 Å². The Morgan fingerprint density at radius 3 is 2.70 bits per heavy atom. The van der Waals surface area contributed by atoms with Crippen molar-refractivity contribution in [3.63, 3.8) is 0 Å². The van der Waals surface area contributed by atoms with Crippen LogP contribution in [0.15, 0.2) is 18.2 Å². The maximum absolute atomic E-state index is 12.2. The van der Waals surface area contributed by atoms with Crippen LogP contribution >= 0.6 is 11.6 Å². The van der Waals surface area contributed by atoms with Gasteiger partial charge in [-0.05, 0) is 44.2 Å². The van der Waals surface area contributed by atoms with E-state index < -0.39 is 0 Å². The number of aliphatic hydroxyl groups is 1. The second-order valence-corrected chi connectivity index (χ2v) is 5.81. The smallest absolute Gasteiger partial charge is 0.321 e. The number of hydrogen-bond donors (Lipinski definition) is 2. The van der Waals surface area contributed by atoms with Crippen LogP contribution in [0.25, 0.3) is 0 Å². The van der Waals surface area contributed by atoms with Crippen LogP contribution in [0.2, 0.25) is 5.02 Å². The van der Waals surface area contributed by atoms with Crippen LogP contribution in [0.3, 0.4) is 0 Å². The number of urea groups is 1. The molecule has 4 nitrogen and oxygen atoms in total. The molecule has 1 saturated heterocycles. The van der Waals surface area contributed by atoms with Gasteiger partial charge >= 0.3 is 6.03 Å². The monoisotopic (exact) mass is 296 g/mol. The van der Waals surface area contributed by atoms with Gasteiger partial charge in [0.05, 0.1) is 16.8 Å². The largest absolute Gasteiger partial charge is 0.393 e. The van der Waals surface area contributed by atoms with E-state index in [1.54, 1.807) is 11.0 Å². The highest BCUT2D eigenvalue weighted by Crippen LogP contribution is 2.26. The van der Waals surface area contributed by atoms with Crippen molar-refractivity contribution in [2.45, 2.75) is 32.8 Å². The van der Waals surface area contributed by atoms with Crippen LogP contribution in [0.5, 0.6) is 0 Å². The molecular weight excluding hydrogens is 276 g/mol. The fourth-order valence-corrected chi connectivity index (χ4v) is 2.70. The van der Waals surface area contributed by atoms with Crippen molar-refractivity contribution in [3.8, 4) is 0 Å². The van der Waals surface area contributed by atoms with E-state index in [-0.39, 0.29) is 12.1 Å². The highest BCUT2D eigenvalue weighted by Gasteiger charge is 2.25. The van der Waals surface area contributed by atoms with Crippen molar-refractivity contribution in [1.29, 1.82) is 0 Å². The van der Waals surface area contributed by atoms with Gasteiger partial charge in [-0.3, -0.25) is 0 Å². The minimum atomic E-state index is -0.300. The van der Waals surface area contributed by atoms with Crippen LogP contribution < -0.4 is 5.32 Å². The van der Waals surface area contributed by atoms with Crippen molar-refractivity contribution in [2.75, 3.05) is 18.4 Å². The predicted octanol–water partition coefficient (Wildman–Crippen LogP) is 3.27. The molecule has 0 saturated carbocycles. The quantitative estimate of drug-likeness (QED) is 0.880. The van der Waals surface area contributed by atoms with Crippen molar-refractivity contribution in [1.82, 2.24) is 4.90 Å². The van der Waals surface area contributed by atoms with Crippen molar-refractivity contribution >= 4 is 23.3 Å². The topological polar surface area (TPSA) is 52.6 Å². The Bertz CT molecular complexity index is 483. The molecule has 0 radical (unpaired) electrons. The Balaban J connectivity index is 1.95. The lowest BCUT2D eigenvalue weighted by Crippen LogP contribution is -2.42. The predicted molar refractivity (Wildman–Crippen MR) is 81.2 cm³/mol. The number of carbonyl (C=O) groups excluding carboxylic acids is 1. The summed E-state index contributed by atoms with van der Waals surface area (Å²) in [6, 6.07) is 5.46. The molecule has 1 aliphatic rings. The molecule has 0 bridgehead atoms. The lowest BCUT2D eigenvalue weighted by Gasteiger charge is -2.33. The van der Waals surface area contributed by atoms with E-state index in [0.717, 1.165) is 18.4 Å². The summed E-state index contributed by atoms with van der Waals surface area (Å²) in [4.78, 5) is 14.0. The molecule has 110 valence electrons. The normalized spacial score (nSPS) is 17.9. The molecule has 0 aromatic heterocycles. The summed E-state index contributed by atoms with van der Waals surface area (Å²) in [5, 5.41) is 13.0. The number of nitrogens with zero attached hydrogens (tertiary/aromatic N) is 1. The van der Waals surface area contributed by atoms with E-state index in [1.165, 1.54) is 0 Å². The third-order valence-electron chi connectivity index (χ3n) is 3.94. The molecule has 1 heterocycles. The number of likely N-dealkylation sites (tertiary alicyclic amines) is 1. The molecule has 1 aromatic carbocycles. The van der Waals surface area contributed by atoms with Crippen molar-refractivity contribution < 1.29 is 9.90 Å². The number of nitrogens with one attached hydrogen (secondary N) is 1. The number of piperidine rings is 1. The van der Waals surface area contributed by atoms with Gasteiger partial charge in [-0.1, -0.05) is 23.7 Å². The molecule has 5 heteroatoms. The number of amides is 2. The standard InChI is InChI=1S/C15H21ClN2O2/c1-10-4-3-5-13(14(10)16)17-15(20)18-8-6-12(7-9-18)11(2)19/h3-5,11-12,19H,6-9H2,1-2H3,(H,17,20). The van der Waals surface area contributed by atoms with Gasteiger partial charge in [0.15, 0.2) is 0 Å². The molecule has 1 aromatic rings. The maximum atomic E-state index is 12.2. The van der Waals surface area contributed by atoms with Crippen molar-refractivity contribution in [2.24, 2.45) is 5.92 Å². The Labute approximate surface area is 124 Å². The molecule has 2 amide bonds. The number of rotatable bonds is 2. The maximum Gasteiger partial charge on any atom is 0.321 e. The Kier molecular flexibility index (Phi) is 4.89. The third kappa shape index (κ3) is 3.44. The first-order chi connectivity index (χ1) is 9.49. The summed E-state index contributed by atoms with van der Waals surface area (Å²) in [6.07, 6.45) is 1.38. The second-order valence-electron chi connectivity index (χ2n) is 5.43. The molecule has 20 heavy (non-hydrogen) atoms. The molecule has 1 fully saturated rings. The number of carbonyl (C=O) groups is 1. The summed E-state index contributed by atoms with van der Waals surface area (Å²) in [5.74, 6) is 0.293. The molecule has 2 rings (SSSR count). The average molecular weight is 297 g/mol. The number of halogens is 1. The minimum Gasteiger partial charge on any atom is -0.393 e. The zero-order valence-corrected chi connectivity index (χ0v) is 12.7. The average Bonchev–Trinajstić information content (AvgIpc) is 2.44. The van der Waals surface area contributed by atoms with Crippen LogP contribution in [0.1, 0.15) is 25.3 Å². The minimum absolute atomic E-state index is 0.124. The van der Waals surface area contributed by atoms with Gasteiger partial charge < -0.3 is 15.3 Å². The second kappa shape index (κ2) is 6.46. The van der Waals surface area contributed by atoms with Gasteiger partial charge in [0.1, 0.15) is 0 Å². The number of aliphatic hydroxyl groups excluding tert-OH is 1. The lowest BCUT2D eigenvalue weighted by molar-refractivity contribution is 0.0820. The van der Waals surface area contributed by atoms with Crippen molar-refractivity contribution in [3.05, 3.63) is 28.8 Å². The van der Waals surface area contributed by atoms with E-state index in [9.17, 15) is 9.90 Å². The fourth-order valence-electron chi connectivity index (χ4n) is 2.52. The zero-order valence-electron chi connectivity index (χ0n) is 11.9. The van der Waals surface area contributed by atoms with E-state index in [4.69, 9.17) is 11.6 Å². The van der Waals surface area contributed by atoms with Crippen LogP contribution in [-0.2, 0) is 0 Å². The highest BCUT2D eigenvalue weighted by atomic mass is 35.5. The molecule has 0 spiro atoms. The lowest BCUT2D eigenvalue weighted by atomic mass is 9.92. The summed E-state index contributed by atoms with van der Waals surface area (Å²) in [5.41, 5.74) is 1.59. The van der Waals surface area contributed by atoms with E-state index in [1.807, 2.05) is 26.0 Å². The van der Waals surface area contributed by atoms with E-state index in [0.29, 0.717) is 29.7 Å². The molecule has 1 unspecified atom stereocenters. The van der Waals surface area contributed by atoms with Gasteiger partial charge in [0.2, 0.25) is 0 Å². The van der Waals surface area contributed by atoms with Crippen LogP contribution in [0.4, 0.5) is 10.5 Å². The Morgan fingerprint density at radius 2 is 2.10 bits per heavy atom. The zero-order chi connectivity index (χ0) is 14.7. The van der Waals surface area contributed by atoms with E-state index >= 15 is 0 Å². The summed E-state index contributed by atoms with van der Waals surface area (Å²) in [6.45, 7) is 5.06. The number of anilines is 1. The third-order valence-corrected chi connectivity index (χ3v) is 4.44. The van der Waals surface area contributed by atoms with E-state index in [2.05, 4.69) is 5.32 Å². The van der Waals surface area contributed by atoms with Gasteiger partial charge in [0.25, 0.3) is 0 Å². The van der Waals surface area contributed by atoms with Gasteiger partial charge in [-0.15, -0.1) is 0 Å². The first-order valence-electron chi connectivity index (χ1n) is 6.98. The molecule has 1 aliphatic heterocycles. The summed E-state index contributed by atoms with van der Waals surface area (Å²) < 4.78 is 0. The number of benzene rings is 1. The first kappa shape index (κ1) is 15.1. The highest BCUT2D eigenvalue weighted by molar-refractivity contribution is 6.34. The SMILES string of the molecule is Cc1cccc(NC(=O)N2CCC(C(C)O)CC2)c1Cl. The first-order valence-corrected chi connectivity index (χ1v) is 7.36. The van der Waals surface area contributed by atoms with Gasteiger partial charge in [-0.2, -0.15) is 0 Å². The van der Waals surface area contributed by atoms with Gasteiger partial charge in [0, 0.05) is 13.1 Å². The molecule has 0 aliphatic carbocycles. The number of aryl methyl sites for hydroxylation is 1. The van der Waals surface area contributed by atoms with Gasteiger partial charge in [-0.25, -0.2) is 4.79 Å². The fraction of sp³-hybridized carbons (Fsp3) is 0.533. The summed E-state index contributed by atoms with van der Waals surface area (Å²) >= 11 is 6.17. The number of hydrogen-bond acceptors (Lipinski definition) is 2. The molecule has 1 atom stereocenters.